The van der Waals surface area contributed by atoms with Crippen LogP contribution < -0.4 is 9.46 Å². The zero-order chi connectivity index (χ0) is 19.2. The summed E-state index contributed by atoms with van der Waals surface area (Å²) in [5.41, 5.74) is 1.95. The predicted octanol–water partition coefficient (Wildman–Crippen LogP) is 3.02. The number of aryl methyl sites for hydroxylation is 1. The zero-order valence-corrected chi connectivity index (χ0v) is 16.7. The van der Waals surface area contributed by atoms with E-state index in [-0.39, 0.29) is 11.5 Å². The van der Waals surface area contributed by atoms with Crippen molar-refractivity contribution >= 4 is 16.0 Å². The summed E-state index contributed by atoms with van der Waals surface area (Å²) in [5.74, 6) is 0.0990. The van der Waals surface area contributed by atoms with Gasteiger partial charge in [0.05, 0.1) is 18.6 Å². The number of benzene rings is 1. The Morgan fingerprint density at radius 1 is 1.20 bits per heavy atom. The molecule has 0 fully saturated rings. The molecule has 7 heteroatoms. The molecule has 0 heterocycles. The summed E-state index contributed by atoms with van der Waals surface area (Å²) in [4.78, 5) is 12.3. The van der Waals surface area contributed by atoms with E-state index in [9.17, 15) is 13.2 Å². The van der Waals surface area contributed by atoms with Crippen LogP contribution in [0.3, 0.4) is 0 Å². The Hall–Kier alpha value is -1.60. The fourth-order valence-corrected chi connectivity index (χ4v) is 4.51. The summed E-state index contributed by atoms with van der Waals surface area (Å²) in [6.07, 6.45) is 1.99. The molecule has 1 aromatic carbocycles. The maximum absolute atomic E-state index is 12.9. The first-order valence-corrected chi connectivity index (χ1v) is 10.0. The third kappa shape index (κ3) is 5.19. The molecule has 1 atom stereocenters. The van der Waals surface area contributed by atoms with E-state index in [0.717, 1.165) is 18.4 Å². The van der Waals surface area contributed by atoms with Crippen molar-refractivity contribution in [2.45, 2.75) is 64.8 Å². The largest absolute Gasteiger partial charge is 0.496 e. The average Bonchev–Trinajstić information content (AvgIpc) is 2.54. The molecule has 0 aliphatic rings. The van der Waals surface area contributed by atoms with Crippen LogP contribution in [0.4, 0.5) is 0 Å². The van der Waals surface area contributed by atoms with Crippen LogP contribution in [0.2, 0.25) is 0 Å². The van der Waals surface area contributed by atoms with Crippen molar-refractivity contribution in [2.75, 3.05) is 13.7 Å². The third-order valence-corrected chi connectivity index (χ3v) is 5.94. The normalized spacial score (nSPS) is 12.7. The average molecular weight is 371 g/mol. The first-order chi connectivity index (χ1) is 11.7. The Labute approximate surface area is 151 Å². The van der Waals surface area contributed by atoms with Crippen molar-refractivity contribution in [3.8, 4) is 5.75 Å². The molecule has 0 radical (unpaired) electrons. The van der Waals surface area contributed by atoms with E-state index in [1.165, 1.54) is 0 Å². The first-order valence-electron chi connectivity index (χ1n) is 8.53. The number of carbonyl (C=O) groups is 1. The summed E-state index contributed by atoms with van der Waals surface area (Å²) in [7, 11) is -2.32. The monoisotopic (exact) mass is 371 g/mol. The molecule has 1 rings (SSSR count). The lowest BCUT2D eigenvalue weighted by Gasteiger charge is -2.20. The second-order valence-electron chi connectivity index (χ2n) is 6.04. The van der Waals surface area contributed by atoms with Gasteiger partial charge in [0, 0.05) is 0 Å². The fraction of sp³-hybridized carbons (Fsp3) is 0.611. The van der Waals surface area contributed by atoms with Gasteiger partial charge in [-0.25, -0.2) is 8.42 Å². The predicted molar refractivity (Wildman–Crippen MR) is 97.5 cm³/mol. The highest BCUT2D eigenvalue weighted by molar-refractivity contribution is 7.89. The van der Waals surface area contributed by atoms with E-state index in [1.54, 1.807) is 33.9 Å². The lowest BCUT2D eigenvalue weighted by Crippen LogP contribution is -2.42. The molecular weight excluding hydrogens is 342 g/mol. The topological polar surface area (TPSA) is 81.7 Å². The standard InChI is InChI=1S/C18H29NO5S/c1-7-9-10-15(18(20)24-8-2)19-25(21,22)17-12(3)11-16(23-6)13(4)14(17)5/h11,15,19H,7-10H2,1-6H3. The summed E-state index contributed by atoms with van der Waals surface area (Å²) in [5, 5.41) is 0. The van der Waals surface area contributed by atoms with Crippen molar-refractivity contribution < 1.29 is 22.7 Å². The summed E-state index contributed by atoms with van der Waals surface area (Å²) < 4.78 is 38.7. The van der Waals surface area contributed by atoms with Gasteiger partial charge in [0.1, 0.15) is 11.8 Å². The SMILES string of the molecule is CCCCC(NS(=O)(=O)c1c(C)cc(OC)c(C)c1C)C(=O)OCC. The Morgan fingerprint density at radius 2 is 1.84 bits per heavy atom. The first kappa shape index (κ1) is 21.4. The molecule has 1 N–H and O–H groups in total. The van der Waals surface area contributed by atoms with Crippen LogP contribution in [0.15, 0.2) is 11.0 Å². The van der Waals surface area contributed by atoms with Crippen LogP contribution in [0.25, 0.3) is 0 Å². The lowest BCUT2D eigenvalue weighted by atomic mass is 10.1. The van der Waals surface area contributed by atoms with Gasteiger partial charge in [0.15, 0.2) is 0 Å². The van der Waals surface area contributed by atoms with Crippen LogP contribution in [0.1, 0.15) is 49.8 Å². The van der Waals surface area contributed by atoms with E-state index in [0.29, 0.717) is 23.3 Å². The second kappa shape index (κ2) is 9.20. The molecule has 0 amide bonds. The Kier molecular flexibility index (Phi) is 7.89. The van der Waals surface area contributed by atoms with Gasteiger partial charge < -0.3 is 9.47 Å². The quantitative estimate of drug-likeness (QED) is 0.675. The minimum absolute atomic E-state index is 0.191. The Morgan fingerprint density at radius 3 is 2.36 bits per heavy atom. The third-order valence-electron chi connectivity index (χ3n) is 4.18. The highest BCUT2D eigenvalue weighted by Crippen LogP contribution is 2.30. The number of carbonyl (C=O) groups excluding carboxylic acids is 1. The van der Waals surface area contributed by atoms with Gasteiger partial charge in [-0.05, 0) is 56.9 Å². The molecule has 0 saturated heterocycles. The summed E-state index contributed by atoms with van der Waals surface area (Å²) >= 11 is 0. The number of rotatable bonds is 9. The van der Waals surface area contributed by atoms with Crippen LogP contribution in [0, 0.1) is 20.8 Å². The Bertz CT molecular complexity index is 713. The number of methoxy groups -OCH3 is 1. The van der Waals surface area contributed by atoms with Crippen molar-refractivity contribution in [3.05, 3.63) is 22.8 Å². The molecule has 25 heavy (non-hydrogen) atoms. The number of ether oxygens (including phenoxy) is 2. The van der Waals surface area contributed by atoms with E-state index < -0.39 is 22.0 Å². The van der Waals surface area contributed by atoms with E-state index in [4.69, 9.17) is 9.47 Å². The van der Waals surface area contributed by atoms with Gasteiger partial charge in [0.25, 0.3) is 0 Å². The van der Waals surface area contributed by atoms with Gasteiger partial charge in [0.2, 0.25) is 10.0 Å². The lowest BCUT2D eigenvalue weighted by molar-refractivity contribution is -0.145. The maximum Gasteiger partial charge on any atom is 0.324 e. The molecular formula is C18H29NO5S. The number of hydrogen-bond donors (Lipinski definition) is 1. The molecule has 0 saturated carbocycles. The molecule has 0 aliphatic carbocycles. The van der Waals surface area contributed by atoms with Gasteiger partial charge in [-0.15, -0.1) is 0 Å². The van der Waals surface area contributed by atoms with Gasteiger partial charge in [-0.2, -0.15) is 4.72 Å². The van der Waals surface area contributed by atoms with Crippen molar-refractivity contribution in [1.29, 1.82) is 0 Å². The number of unbranched alkanes of at least 4 members (excludes halogenated alkanes) is 1. The van der Waals surface area contributed by atoms with E-state index in [2.05, 4.69) is 4.72 Å². The molecule has 0 aliphatic heterocycles. The number of esters is 1. The van der Waals surface area contributed by atoms with Crippen molar-refractivity contribution in [2.24, 2.45) is 0 Å². The smallest absolute Gasteiger partial charge is 0.324 e. The van der Waals surface area contributed by atoms with Crippen molar-refractivity contribution in [3.63, 3.8) is 0 Å². The molecule has 1 aromatic rings. The number of sulfonamides is 1. The summed E-state index contributed by atoms with van der Waals surface area (Å²) in [6, 6.07) is 0.814. The van der Waals surface area contributed by atoms with Gasteiger partial charge in [-0.3, -0.25) is 4.79 Å². The van der Waals surface area contributed by atoms with Crippen LogP contribution in [-0.2, 0) is 19.6 Å². The summed E-state index contributed by atoms with van der Waals surface area (Å²) in [6.45, 7) is 9.16. The molecule has 142 valence electrons. The maximum atomic E-state index is 12.9. The zero-order valence-electron chi connectivity index (χ0n) is 15.9. The molecule has 0 bridgehead atoms. The molecule has 1 unspecified atom stereocenters. The molecule has 0 aromatic heterocycles. The minimum atomic E-state index is -3.87. The van der Waals surface area contributed by atoms with Gasteiger partial charge >= 0.3 is 5.97 Å². The fourth-order valence-electron chi connectivity index (χ4n) is 2.77. The second-order valence-corrected chi connectivity index (χ2v) is 7.69. The van der Waals surface area contributed by atoms with E-state index >= 15 is 0 Å². The highest BCUT2D eigenvalue weighted by atomic mass is 32.2. The number of nitrogens with one attached hydrogen (secondary N) is 1. The minimum Gasteiger partial charge on any atom is -0.496 e. The van der Waals surface area contributed by atoms with Crippen LogP contribution in [-0.4, -0.2) is 34.1 Å². The highest BCUT2D eigenvalue weighted by Gasteiger charge is 2.29. The number of hydrogen-bond acceptors (Lipinski definition) is 5. The Balaban J connectivity index is 3.26. The van der Waals surface area contributed by atoms with Crippen LogP contribution in [0.5, 0.6) is 5.75 Å². The molecule has 6 nitrogen and oxygen atoms in total. The van der Waals surface area contributed by atoms with E-state index in [1.807, 2.05) is 13.8 Å². The van der Waals surface area contributed by atoms with Crippen molar-refractivity contribution in [1.82, 2.24) is 4.72 Å². The molecule has 0 spiro atoms. The van der Waals surface area contributed by atoms with Gasteiger partial charge in [-0.1, -0.05) is 19.8 Å². The van der Waals surface area contributed by atoms with Crippen LogP contribution >= 0.6 is 0 Å².